The minimum Gasteiger partial charge on any atom is -0.490 e. The number of para-hydroxylation sites is 1. The zero-order chi connectivity index (χ0) is 17.2. The lowest BCUT2D eigenvalue weighted by Gasteiger charge is -2.21. The first-order valence-electron chi connectivity index (χ1n) is 7.81. The fourth-order valence-corrected chi connectivity index (χ4v) is 3.65. The van der Waals surface area contributed by atoms with Crippen molar-refractivity contribution < 1.29 is 17.9 Å². The first kappa shape index (κ1) is 16.8. The van der Waals surface area contributed by atoms with Crippen molar-refractivity contribution in [1.29, 1.82) is 0 Å². The van der Waals surface area contributed by atoms with Crippen LogP contribution in [0.5, 0.6) is 5.75 Å². The molecule has 1 heterocycles. The Labute approximate surface area is 142 Å². The van der Waals surface area contributed by atoms with Crippen LogP contribution in [0.15, 0.2) is 48.5 Å². The molecule has 1 saturated heterocycles. The highest BCUT2D eigenvalue weighted by atomic mass is 32.2. The lowest BCUT2D eigenvalue weighted by molar-refractivity contribution is 0.261. The van der Waals surface area contributed by atoms with Crippen molar-refractivity contribution in [2.45, 2.75) is 18.8 Å². The second-order valence-corrected chi connectivity index (χ2v) is 7.94. The predicted molar refractivity (Wildman–Crippen MR) is 93.9 cm³/mol. The van der Waals surface area contributed by atoms with Gasteiger partial charge in [-0.3, -0.25) is 4.31 Å². The first-order chi connectivity index (χ1) is 11.5. The van der Waals surface area contributed by atoms with Crippen molar-refractivity contribution in [2.24, 2.45) is 0 Å². The van der Waals surface area contributed by atoms with Crippen molar-refractivity contribution in [1.82, 2.24) is 0 Å². The molecule has 0 radical (unpaired) electrons. The van der Waals surface area contributed by atoms with Gasteiger partial charge in [0.05, 0.1) is 18.0 Å². The molecule has 2 aromatic carbocycles. The van der Waals surface area contributed by atoms with Gasteiger partial charge in [0.15, 0.2) is 0 Å². The molecule has 128 valence electrons. The molecule has 5 nitrogen and oxygen atoms in total. The number of benzene rings is 2. The molecule has 1 atom stereocenters. The monoisotopic (exact) mass is 347 g/mol. The van der Waals surface area contributed by atoms with E-state index in [9.17, 15) is 8.42 Å². The van der Waals surface area contributed by atoms with Crippen LogP contribution in [-0.2, 0) is 20.5 Å². The number of hydrogen-bond acceptors (Lipinski definition) is 4. The molecule has 1 aliphatic heterocycles. The molecule has 0 aromatic heterocycles. The van der Waals surface area contributed by atoms with E-state index in [1.807, 2.05) is 37.3 Å². The first-order valence-corrected chi connectivity index (χ1v) is 9.42. The lowest BCUT2D eigenvalue weighted by atomic mass is 10.2. The van der Waals surface area contributed by atoms with Crippen LogP contribution in [0.1, 0.15) is 11.1 Å². The third-order valence-corrected chi connectivity index (χ3v) is 5.64. The average Bonchev–Trinajstić information content (AvgIpc) is 3.37. The van der Waals surface area contributed by atoms with E-state index in [1.165, 1.54) is 4.31 Å². The van der Waals surface area contributed by atoms with Crippen LogP contribution >= 0.6 is 0 Å². The highest BCUT2D eigenvalue weighted by Gasteiger charge is 2.25. The lowest BCUT2D eigenvalue weighted by Crippen LogP contribution is -2.28. The second-order valence-electron chi connectivity index (χ2n) is 5.94. The molecule has 3 rings (SSSR count). The number of anilines is 1. The fourth-order valence-electron chi connectivity index (χ4n) is 2.39. The minimum absolute atomic E-state index is 0.112. The van der Waals surface area contributed by atoms with Gasteiger partial charge in [0.1, 0.15) is 18.5 Å². The normalized spacial score (nSPS) is 16.7. The molecule has 0 bridgehead atoms. The van der Waals surface area contributed by atoms with E-state index in [4.69, 9.17) is 9.47 Å². The van der Waals surface area contributed by atoms with Crippen LogP contribution in [-0.4, -0.2) is 34.8 Å². The van der Waals surface area contributed by atoms with Crippen molar-refractivity contribution in [3.05, 3.63) is 59.7 Å². The van der Waals surface area contributed by atoms with Crippen molar-refractivity contribution >= 4 is 15.7 Å². The van der Waals surface area contributed by atoms with Gasteiger partial charge >= 0.3 is 0 Å². The summed E-state index contributed by atoms with van der Waals surface area (Å²) in [6.07, 6.45) is 0.129. The van der Waals surface area contributed by atoms with E-state index in [0.29, 0.717) is 30.2 Å². The van der Waals surface area contributed by atoms with Gasteiger partial charge in [0.2, 0.25) is 10.0 Å². The van der Waals surface area contributed by atoms with Gasteiger partial charge in [-0.25, -0.2) is 8.42 Å². The van der Waals surface area contributed by atoms with Gasteiger partial charge in [0, 0.05) is 12.6 Å². The van der Waals surface area contributed by atoms with E-state index in [1.54, 1.807) is 25.2 Å². The third-order valence-electron chi connectivity index (χ3n) is 3.92. The Bertz CT molecular complexity index is 815. The average molecular weight is 347 g/mol. The predicted octanol–water partition coefficient (Wildman–Crippen LogP) is 2.74. The molecule has 0 spiro atoms. The van der Waals surface area contributed by atoms with E-state index < -0.39 is 10.0 Å². The molecule has 0 saturated carbocycles. The van der Waals surface area contributed by atoms with Crippen molar-refractivity contribution in [2.75, 3.05) is 24.6 Å². The molecule has 6 heteroatoms. The number of rotatable bonds is 7. The van der Waals surface area contributed by atoms with Crippen LogP contribution in [0.4, 0.5) is 5.69 Å². The number of sulfonamides is 1. The number of hydrogen-bond donors (Lipinski definition) is 0. The summed E-state index contributed by atoms with van der Waals surface area (Å²) in [5, 5.41) is 0. The topological polar surface area (TPSA) is 59.1 Å². The fraction of sp³-hybridized carbons (Fsp3) is 0.333. The molecule has 24 heavy (non-hydrogen) atoms. The molecule has 0 amide bonds. The van der Waals surface area contributed by atoms with Gasteiger partial charge in [-0.2, -0.15) is 0 Å². The van der Waals surface area contributed by atoms with Gasteiger partial charge < -0.3 is 9.47 Å². The van der Waals surface area contributed by atoms with Crippen LogP contribution in [0.25, 0.3) is 0 Å². The van der Waals surface area contributed by atoms with Crippen LogP contribution in [0, 0.1) is 6.92 Å². The smallest absolute Gasteiger partial charge is 0.239 e. The standard InChI is InChI=1S/C18H21NO4S/c1-14-6-5-8-16(10-14)19(2)24(20,21)13-15-7-3-4-9-18(15)23-12-17-11-22-17/h3-10,17H,11-13H2,1-2H3. The molecule has 1 aliphatic rings. The second kappa shape index (κ2) is 6.83. The highest BCUT2D eigenvalue weighted by molar-refractivity contribution is 7.92. The Morgan fingerprint density at radius 2 is 1.96 bits per heavy atom. The third kappa shape index (κ3) is 4.07. The summed E-state index contributed by atoms with van der Waals surface area (Å²) in [5.74, 6) is 0.480. The zero-order valence-corrected chi connectivity index (χ0v) is 14.6. The molecule has 0 aliphatic carbocycles. The van der Waals surface area contributed by atoms with Gasteiger partial charge in [-0.1, -0.05) is 30.3 Å². The maximum atomic E-state index is 12.8. The van der Waals surface area contributed by atoms with Gasteiger partial charge in [-0.05, 0) is 30.7 Å². The number of nitrogens with zero attached hydrogens (tertiary/aromatic N) is 1. The molecule has 1 fully saturated rings. The molecule has 0 N–H and O–H groups in total. The van der Waals surface area contributed by atoms with E-state index in [0.717, 1.165) is 5.56 Å². The Hall–Kier alpha value is -2.05. The molecular formula is C18H21NO4S. The van der Waals surface area contributed by atoms with Crippen molar-refractivity contribution in [3.8, 4) is 5.75 Å². The number of aryl methyl sites for hydroxylation is 1. The molecular weight excluding hydrogens is 326 g/mol. The number of ether oxygens (including phenoxy) is 2. The molecule has 1 unspecified atom stereocenters. The maximum absolute atomic E-state index is 12.8. The van der Waals surface area contributed by atoms with Crippen LogP contribution < -0.4 is 9.04 Å². The summed E-state index contributed by atoms with van der Waals surface area (Å²) in [6, 6.07) is 14.7. The van der Waals surface area contributed by atoms with E-state index in [2.05, 4.69) is 0 Å². The van der Waals surface area contributed by atoms with Gasteiger partial charge in [0.25, 0.3) is 0 Å². The molecule has 2 aromatic rings. The van der Waals surface area contributed by atoms with Crippen LogP contribution in [0.2, 0.25) is 0 Å². The summed E-state index contributed by atoms with van der Waals surface area (Å²) < 4.78 is 37.7. The van der Waals surface area contributed by atoms with Crippen LogP contribution in [0.3, 0.4) is 0 Å². The Balaban J connectivity index is 1.78. The SMILES string of the molecule is Cc1cccc(N(C)S(=O)(=O)Cc2ccccc2OCC2CO2)c1. The summed E-state index contributed by atoms with van der Waals surface area (Å²) in [5.41, 5.74) is 2.32. The zero-order valence-electron chi connectivity index (χ0n) is 13.8. The summed E-state index contributed by atoms with van der Waals surface area (Å²) in [6.45, 7) is 3.09. The Morgan fingerprint density at radius 3 is 2.67 bits per heavy atom. The Kier molecular flexibility index (Phi) is 4.78. The summed E-state index contributed by atoms with van der Waals surface area (Å²) in [7, 11) is -1.93. The highest BCUT2D eigenvalue weighted by Crippen LogP contribution is 2.25. The quantitative estimate of drug-likeness (QED) is 0.723. The number of epoxide rings is 1. The van der Waals surface area contributed by atoms with Crippen molar-refractivity contribution in [3.63, 3.8) is 0 Å². The summed E-state index contributed by atoms with van der Waals surface area (Å²) >= 11 is 0. The Morgan fingerprint density at radius 1 is 1.21 bits per heavy atom. The van der Waals surface area contributed by atoms with E-state index >= 15 is 0 Å². The largest absolute Gasteiger partial charge is 0.490 e. The van der Waals surface area contributed by atoms with Gasteiger partial charge in [-0.15, -0.1) is 0 Å². The van der Waals surface area contributed by atoms with E-state index in [-0.39, 0.29) is 11.9 Å². The maximum Gasteiger partial charge on any atom is 0.239 e. The minimum atomic E-state index is -3.51. The summed E-state index contributed by atoms with van der Waals surface area (Å²) in [4.78, 5) is 0.